The summed E-state index contributed by atoms with van der Waals surface area (Å²) in [7, 11) is -0.833. The first-order valence-corrected chi connectivity index (χ1v) is 8.15. The molecular formula is C15H20N2O2S. The summed E-state index contributed by atoms with van der Waals surface area (Å²) in [6, 6.07) is 8.75. The lowest BCUT2D eigenvalue weighted by Crippen LogP contribution is -2.14. The zero-order valence-electron chi connectivity index (χ0n) is 11.9. The van der Waals surface area contributed by atoms with Crippen molar-refractivity contribution in [1.82, 2.24) is 0 Å². The first-order valence-electron chi connectivity index (χ1n) is 6.66. The zero-order valence-corrected chi connectivity index (χ0v) is 12.7. The van der Waals surface area contributed by atoms with Gasteiger partial charge in [0.25, 0.3) is 0 Å². The summed E-state index contributed by atoms with van der Waals surface area (Å²) in [4.78, 5) is 11.7. The van der Waals surface area contributed by atoms with Gasteiger partial charge < -0.3 is 5.32 Å². The molecular weight excluding hydrogens is 272 g/mol. The Kier molecular flexibility index (Phi) is 6.96. The number of hydrogen-bond acceptors (Lipinski definition) is 3. The van der Waals surface area contributed by atoms with Gasteiger partial charge >= 0.3 is 0 Å². The molecule has 0 saturated carbocycles. The van der Waals surface area contributed by atoms with Crippen LogP contribution in [0.15, 0.2) is 24.3 Å². The molecule has 0 fully saturated rings. The number of benzene rings is 1. The topological polar surface area (TPSA) is 70.0 Å². The monoisotopic (exact) mass is 292 g/mol. The lowest BCUT2D eigenvalue weighted by Gasteiger charge is -2.06. The predicted molar refractivity (Wildman–Crippen MR) is 81.7 cm³/mol. The van der Waals surface area contributed by atoms with Crippen molar-refractivity contribution < 1.29 is 9.00 Å². The van der Waals surface area contributed by atoms with Crippen LogP contribution in [0.5, 0.6) is 0 Å². The molecule has 5 heteroatoms. The van der Waals surface area contributed by atoms with E-state index >= 15 is 0 Å². The van der Waals surface area contributed by atoms with E-state index in [-0.39, 0.29) is 5.91 Å². The number of amides is 1. The molecule has 0 heterocycles. The Morgan fingerprint density at radius 3 is 2.55 bits per heavy atom. The number of carbonyl (C=O) groups is 1. The summed E-state index contributed by atoms with van der Waals surface area (Å²) in [5.41, 5.74) is 1.24. The maximum Gasteiger partial charge on any atom is 0.224 e. The molecule has 20 heavy (non-hydrogen) atoms. The van der Waals surface area contributed by atoms with Gasteiger partial charge in [-0.2, -0.15) is 5.26 Å². The van der Waals surface area contributed by atoms with Crippen LogP contribution < -0.4 is 5.32 Å². The average Bonchev–Trinajstić information content (AvgIpc) is 2.38. The normalized spacial score (nSPS) is 11.9. The molecule has 1 aromatic rings. The van der Waals surface area contributed by atoms with Crippen molar-refractivity contribution in [3.05, 3.63) is 29.8 Å². The minimum atomic E-state index is -0.833. The maximum absolute atomic E-state index is 11.7. The first kappa shape index (κ1) is 16.4. The number of nitrogens with zero attached hydrogens (tertiary/aromatic N) is 1. The van der Waals surface area contributed by atoms with Crippen LogP contribution in [0, 0.1) is 17.2 Å². The van der Waals surface area contributed by atoms with E-state index in [0.29, 0.717) is 41.5 Å². The molecule has 0 aliphatic carbocycles. The second-order valence-corrected chi connectivity index (χ2v) is 6.67. The molecule has 0 aliphatic rings. The van der Waals surface area contributed by atoms with Gasteiger partial charge in [-0.25, -0.2) is 0 Å². The van der Waals surface area contributed by atoms with E-state index in [9.17, 15) is 9.00 Å². The molecule has 108 valence electrons. The Morgan fingerprint density at radius 2 is 2.00 bits per heavy atom. The van der Waals surface area contributed by atoms with E-state index in [2.05, 4.69) is 5.32 Å². The summed E-state index contributed by atoms with van der Waals surface area (Å²) in [5, 5.41) is 11.4. The van der Waals surface area contributed by atoms with Crippen LogP contribution in [0.25, 0.3) is 0 Å². The van der Waals surface area contributed by atoms with Crippen molar-refractivity contribution in [1.29, 1.82) is 5.26 Å². The van der Waals surface area contributed by atoms with Crippen molar-refractivity contribution in [3.8, 4) is 6.07 Å². The second kappa shape index (κ2) is 8.49. The summed E-state index contributed by atoms with van der Waals surface area (Å²) in [5.74, 6) is 1.59. The molecule has 1 atom stereocenters. The van der Waals surface area contributed by atoms with Crippen LogP contribution in [-0.2, 0) is 15.6 Å². The van der Waals surface area contributed by atoms with E-state index < -0.39 is 10.8 Å². The minimum absolute atomic E-state index is 0.0868. The summed E-state index contributed by atoms with van der Waals surface area (Å²) < 4.78 is 11.6. The Balaban J connectivity index is 2.29. The smallest absolute Gasteiger partial charge is 0.224 e. The highest BCUT2D eigenvalue weighted by Crippen LogP contribution is 2.09. The molecule has 1 N–H and O–H groups in total. The Labute approximate surface area is 122 Å². The van der Waals surface area contributed by atoms with Crippen LogP contribution in [0.2, 0.25) is 0 Å². The van der Waals surface area contributed by atoms with Gasteiger partial charge in [-0.05, 0) is 36.6 Å². The molecule has 0 radical (unpaired) electrons. The van der Waals surface area contributed by atoms with Gasteiger partial charge in [-0.3, -0.25) is 9.00 Å². The number of hydrogen-bond donors (Lipinski definition) is 1. The maximum atomic E-state index is 11.7. The Hall–Kier alpha value is -1.67. The van der Waals surface area contributed by atoms with Crippen LogP contribution in [0.1, 0.15) is 32.3 Å². The Bertz CT molecular complexity index is 504. The van der Waals surface area contributed by atoms with Crippen LogP contribution in [0.4, 0.5) is 5.69 Å². The molecule has 0 saturated heterocycles. The van der Waals surface area contributed by atoms with Gasteiger partial charge in [-0.15, -0.1) is 0 Å². The number of carbonyl (C=O) groups excluding carboxylic acids is 1. The van der Waals surface area contributed by atoms with Crippen LogP contribution in [-0.4, -0.2) is 21.6 Å². The fraction of sp³-hybridized carbons (Fsp3) is 0.467. The third kappa shape index (κ3) is 6.48. The highest BCUT2D eigenvalue weighted by molar-refractivity contribution is 7.84. The third-order valence-corrected chi connectivity index (χ3v) is 4.38. The van der Waals surface area contributed by atoms with Crippen molar-refractivity contribution in [2.45, 2.75) is 26.7 Å². The predicted octanol–water partition coefficient (Wildman–Crippen LogP) is 2.68. The van der Waals surface area contributed by atoms with E-state index in [1.807, 2.05) is 19.9 Å². The molecule has 1 aromatic carbocycles. The van der Waals surface area contributed by atoms with E-state index in [1.54, 1.807) is 24.3 Å². The number of nitrogens with one attached hydrogen (secondary N) is 1. The van der Waals surface area contributed by atoms with E-state index in [1.165, 1.54) is 0 Å². The van der Waals surface area contributed by atoms with Gasteiger partial charge in [0, 0.05) is 34.4 Å². The van der Waals surface area contributed by atoms with Gasteiger partial charge in [0.15, 0.2) is 0 Å². The molecule has 1 unspecified atom stereocenters. The molecule has 0 spiro atoms. The molecule has 4 nitrogen and oxygen atoms in total. The summed E-state index contributed by atoms with van der Waals surface area (Å²) in [6.07, 6.45) is 0.991. The quantitative estimate of drug-likeness (QED) is 0.840. The van der Waals surface area contributed by atoms with Crippen LogP contribution in [0.3, 0.4) is 0 Å². The first-order chi connectivity index (χ1) is 9.51. The lowest BCUT2D eigenvalue weighted by molar-refractivity contribution is -0.116. The number of rotatable bonds is 7. The molecule has 1 rings (SSSR count). The fourth-order valence-electron chi connectivity index (χ4n) is 1.70. The summed E-state index contributed by atoms with van der Waals surface area (Å²) in [6.45, 7) is 4.07. The molecule has 1 amide bonds. The van der Waals surface area contributed by atoms with Gasteiger partial charge in [0.2, 0.25) is 5.91 Å². The zero-order chi connectivity index (χ0) is 15.0. The lowest BCUT2D eigenvalue weighted by atomic mass is 10.2. The van der Waals surface area contributed by atoms with Crippen molar-refractivity contribution >= 4 is 22.4 Å². The summed E-state index contributed by atoms with van der Waals surface area (Å²) >= 11 is 0. The highest BCUT2D eigenvalue weighted by atomic mass is 32.2. The molecule has 0 bridgehead atoms. The fourth-order valence-corrected chi connectivity index (χ4v) is 3.08. The van der Waals surface area contributed by atoms with E-state index in [4.69, 9.17) is 5.26 Å². The average molecular weight is 292 g/mol. The Morgan fingerprint density at radius 1 is 1.35 bits per heavy atom. The number of anilines is 1. The second-order valence-electron chi connectivity index (χ2n) is 5.05. The van der Waals surface area contributed by atoms with E-state index in [0.717, 1.165) is 0 Å². The van der Waals surface area contributed by atoms with Crippen LogP contribution >= 0.6 is 0 Å². The largest absolute Gasteiger partial charge is 0.326 e. The van der Waals surface area contributed by atoms with Gasteiger partial charge in [-0.1, -0.05) is 13.8 Å². The van der Waals surface area contributed by atoms with Crippen molar-refractivity contribution in [2.75, 3.05) is 16.8 Å². The minimum Gasteiger partial charge on any atom is -0.326 e. The van der Waals surface area contributed by atoms with Gasteiger partial charge in [0.05, 0.1) is 11.6 Å². The molecule has 0 aromatic heterocycles. The highest BCUT2D eigenvalue weighted by Gasteiger charge is 2.06. The van der Waals surface area contributed by atoms with Gasteiger partial charge in [0.1, 0.15) is 0 Å². The molecule has 0 aliphatic heterocycles. The van der Waals surface area contributed by atoms with Crippen molar-refractivity contribution in [3.63, 3.8) is 0 Å². The number of nitriles is 1. The van der Waals surface area contributed by atoms with Crippen molar-refractivity contribution in [2.24, 2.45) is 5.92 Å². The third-order valence-electron chi connectivity index (χ3n) is 2.59. The SMILES string of the molecule is CC(C)CS(=O)CCCC(=O)Nc1ccc(C#N)cc1. The standard InChI is InChI=1S/C15H20N2O2S/c1-12(2)11-20(19)9-3-4-15(18)17-14-7-5-13(10-16)6-8-14/h5-8,12H,3-4,9,11H2,1-2H3,(H,17,18).